The van der Waals surface area contributed by atoms with E-state index in [1.165, 1.54) is 6.20 Å². The number of unbranched alkanes of at least 4 members (excludes halogenated alkanes) is 1. The van der Waals surface area contributed by atoms with Crippen LogP contribution in [0.4, 0.5) is 11.5 Å². The van der Waals surface area contributed by atoms with Crippen LogP contribution in [-0.2, 0) is 0 Å². The minimum Gasteiger partial charge on any atom is -0.495 e. The van der Waals surface area contributed by atoms with E-state index in [0.29, 0.717) is 17.3 Å². The molecule has 0 aliphatic carbocycles. The number of amides is 1. The number of ether oxygens (including phenoxy) is 1. The first kappa shape index (κ1) is 16.7. The Morgan fingerprint density at radius 2 is 2.04 bits per heavy atom. The lowest BCUT2D eigenvalue weighted by Gasteiger charge is -2.16. The molecule has 1 aromatic carbocycles. The van der Waals surface area contributed by atoms with Crippen LogP contribution in [0.2, 0.25) is 0 Å². The van der Waals surface area contributed by atoms with Gasteiger partial charge in [-0.25, -0.2) is 9.97 Å². The summed E-state index contributed by atoms with van der Waals surface area (Å²) >= 11 is 0. The first-order valence-corrected chi connectivity index (χ1v) is 7.63. The molecule has 6 heteroatoms. The van der Waals surface area contributed by atoms with Gasteiger partial charge in [0, 0.05) is 13.6 Å². The molecule has 0 unspecified atom stereocenters. The van der Waals surface area contributed by atoms with E-state index in [-0.39, 0.29) is 5.91 Å². The summed E-state index contributed by atoms with van der Waals surface area (Å²) in [6, 6.07) is 7.54. The summed E-state index contributed by atoms with van der Waals surface area (Å²) in [5.74, 6) is 1.16. The zero-order valence-electron chi connectivity index (χ0n) is 13.7. The number of anilines is 2. The van der Waals surface area contributed by atoms with Crippen LogP contribution in [0.5, 0.6) is 5.75 Å². The smallest absolute Gasteiger partial charge is 0.273 e. The van der Waals surface area contributed by atoms with Crippen molar-refractivity contribution < 1.29 is 9.53 Å². The molecule has 0 spiro atoms. The van der Waals surface area contributed by atoms with Crippen LogP contribution in [-0.4, -0.2) is 41.5 Å². The fraction of sp³-hybridized carbons (Fsp3) is 0.353. The molecule has 0 radical (unpaired) electrons. The molecule has 0 fully saturated rings. The Hall–Kier alpha value is -2.63. The van der Waals surface area contributed by atoms with Gasteiger partial charge in [0.05, 0.1) is 25.2 Å². The first-order valence-electron chi connectivity index (χ1n) is 7.63. The number of nitrogens with zero attached hydrogens (tertiary/aromatic N) is 3. The highest BCUT2D eigenvalue weighted by atomic mass is 16.5. The van der Waals surface area contributed by atoms with Crippen LogP contribution < -0.4 is 10.1 Å². The Labute approximate surface area is 136 Å². The predicted molar refractivity (Wildman–Crippen MR) is 90.2 cm³/mol. The van der Waals surface area contributed by atoms with E-state index in [2.05, 4.69) is 22.2 Å². The van der Waals surface area contributed by atoms with Gasteiger partial charge in [0.15, 0.2) is 0 Å². The second-order valence-electron chi connectivity index (χ2n) is 5.19. The molecule has 23 heavy (non-hydrogen) atoms. The fourth-order valence-electron chi connectivity index (χ4n) is 2.08. The fourth-order valence-corrected chi connectivity index (χ4v) is 2.08. The number of carbonyl (C=O) groups is 1. The maximum atomic E-state index is 12.2. The monoisotopic (exact) mass is 314 g/mol. The van der Waals surface area contributed by atoms with Crippen molar-refractivity contribution >= 4 is 17.4 Å². The number of aromatic nitrogens is 2. The number of methoxy groups -OCH3 is 1. The molecule has 1 amide bonds. The summed E-state index contributed by atoms with van der Waals surface area (Å²) in [7, 11) is 3.39. The largest absolute Gasteiger partial charge is 0.495 e. The molecule has 0 saturated carbocycles. The van der Waals surface area contributed by atoms with Crippen molar-refractivity contribution in [2.75, 3.05) is 26.0 Å². The lowest BCUT2D eigenvalue weighted by molar-refractivity contribution is 0.0787. The van der Waals surface area contributed by atoms with E-state index in [1.54, 1.807) is 25.3 Å². The van der Waals surface area contributed by atoms with Gasteiger partial charge in [-0.05, 0) is 18.6 Å². The van der Waals surface area contributed by atoms with Crippen LogP contribution in [0, 0.1) is 0 Å². The van der Waals surface area contributed by atoms with E-state index >= 15 is 0 Å². The number of rotatable bonds is 7. The Morgan fingerprint density at radius 1 is 1.26 bits per heavy atom. The quantitative estimate of drug-likeness (QED) is 0.850. The molecular formula is C17H22N4O2. The molecule has 1 aromatic heterocycles. The van der Waals surface area contributed by atoms with Gasteiger partial charge in [-0.2, -0.15) is 0 Å². The molecule has 0 bridgehead atoms. The summed E-state index contributed by atoms with van der Waals surface area (Å²) < 4.78 is 5.28. The van der Waals surface area contributed by atoms with Gasteiger partial charge in [0.1, 0.15) is 17.3 Å². The summed E-state index contributed by atoms with van der Waals surface area (Å²) in [5.41, 5.74) is 1.14. The van der Waals surface area contributed by atoms with E-state index < -0.39 is 0 Å². The van der Waals surface area contributed by atoms with Crippen LogP contribution >= 0.6 is 0 Å². The summed E-state index contributed by atoms with van der Waals surface area (Å²) in [5, 5.41) is 3.13. The average Bonchev–Trinajstić information content (AvgIpc) is 2.60. The van der Waals surface area contributed by atoms with Gasteiger partial charge < -0.3 is 15.0 Å². The number of hydrogen-bond donors (Lipinski definition) is 1. The normalized spacial score (nSPS) is 10.2. The van der Waals surface area contributed by atoms with Gasteiger partial charge in [-0.1, -0.05) is 25.5 Å². The molecule has 0 aliphatic heterocycles. The van der Waals surface area contributed by atoms with Crippen molar-refractivity contribution in [3.05, 3.63) is 42.4 Å². The second kappa shape index (κ2) is 8.12. The number of benzene rings is 1. The molecule has 122 valence electrons. The Bertz CT molecular complexity index is 643. The lowest BCUT2D eigenvalue weighted by Crippen LogP contribution is -2.28. The Kier molecular flexibility index (Phi) is 5.91. The first-order chi connectivity index (χ1) is 11.2. The average molecular weight is 314 g/mol. The van der Waals surface area contributed by atoms with Crippen molar-refractivity contribution in [2.24, 2.45) is 0 Å². The molecule has 1 heterocycles. The Balaban J connectivity index is 2.06. The Morgan fingerprint density at radius 3 is 2.70 bits per heavy atom. The topological polar surface area (TPSA) is 67.4 Å². The molecule has 6 nitrogen and oxygen atoms in total. The van der Waals surface area contributed by atoms with E-state index in [1.807, 2.05) is 24.3 Å². The minimum atomic E-state index is -0.116. The lowest BCUT2D eigenvalue weighted by atomic mass is 10.3. The van der Waals surface area contributed by atoms with Crippen molar-refractivity contribution in [3.63, 3.8) is 0 Å². The minimum absolute atomic E-state index is 0.116. The van der Waals surface area contributed by atoms with Gasteiger partial charge in [-0.3, -0.25) is 4.79 Å². The highest BCUT2D eigenvalue weighted by molar-refractivity contribution is 5.91. The van der Waals surface area contributed by atoms with E-state index in [9.17, 15) is 4.79 Å². The van der Waals surface area contributed by atoms with Crippen LogP contribution in [0.15, 0.2) is 36.7 Å². The summed E-state index contributed by atoms with van der Waals surface area (Å²) in [4.78, 5) is 22.3. The molecular weight excluding hydrogens is 292 g/mol. The van der Waals surface area contributed by atoms with Gasteiger partial charge in [0.25, 0.3) is 5.91 Å². The molecule has 0 saturated heterocycles. The maximum absolute atomic E-state index is 12.2. The van der Waals surface area contributed by atoms with E-state index in [0.717, 1.165) is 25.1 Å². The number of carbonyl (C=O) groups excluding carboxylic acids is 1. The molecule has 2 aromatic rings. The van der Waals surface area contributed by atoms with Crippen LogP contribution in [0.25, 0.3) is 0 Å². The van der Waals surface area contributed by atoms with Gasteiger partial charge >= 0.3 is 0 Å². The molecule has 0 aliphatic rings. The van der Waals surface area contributed by atoms with Crippen molar-refractivity contribution in [1.29, 1.82) is 0 Å². The van der Waals surface area contributed by atoms with Crippen molar-refractivity contribution in [1.82, 2.24) is 14.9 Å². The van der Waals surface area contributed by atoms with Gasteiger partial charge in [0.2, 0.25) is 0 Å². The van der Waals surface area contributed by atoms with Crippen molar-refractivity contribution in [3.8, 4) is 5.75 Å². The third-order valence-electron chi connectivity index (χ3n) is 3.43. The summed E-state index contributed by atoms with van der Waals surface area (Å²) in [6.07, 6.45) is 5.06. The third-order valence-corrected chi connectivity index (χ3v) is 3.43. The van der Waals surface area contributed by atoms with Crippen LogP contribution in [0.3, 0.4) is 0 Å². The molecule has 0 atom stereocenters. The number of para-hydroxylation sites is 2. The predicted octanol–water partition coefficient (Wildman–Crippen LogP) is 3.10. The third kappa shape index (κ3) is 4.42. The number of nitrogens with one attached hydrogen (secondary N) is 1. The zero-order valence-corrected chi connectivity index (χ0v) is 13.7. The highest BCUT2D eigenvalue weighted by Gasteiger charge is 2.13. The zero-order chi connectivity index (χ0) is 16.7. The summed E-state index contributed by atoms with van der Waals surface area (Å²) in [6.45, 7) is 2.81. The van der Waals surface area contributed by atoms with Gasteiger partial charge in [-0.15, -0.1) is 0 Å². The highest BCUT2D eigenvalue weighted by Crippen LogP contribution is 2.25. The molecule has 2 rings (SSSR count). The maximum Gasteiger partial charge on any atom is 0.273 e. The van der Waals surface area contributed by atoms with E-state index in [4.69, 9.17) is 4.74 Å². The standard InChI is InChI=1S/C17H22N4O2/c1-4-5-10-21(2)17(22)14-11-19-16(12-18-14)20-13-8-6-7-9-15(13)23-3/h6-9,11-12H,4-5,10H2,1-3H3,(H,19,20). The second-order valence-corrected chi connectivity index (χ2v) is 5.19. The molecule has 1 N–H and O–H groups in total. The van der Waals surface area contributed by atoms with Crippen molar-refractivity contribution in [2.45, 2.75) is 19.8 Å². The number of hydrogen-bond acceptors (Lipinski definition) is 5. The SMILES string of the molecule is CCCCN(C)C(=O)c1cnc(Nc2ccccc2OC)cn1. The van der Waals surface area contributed by atoms with Crippen LogP contribution in [0.1, 0.15) is 30.3 Å².